The average Bonchev–Trinajstić information content (AvgIpc) is 2.60. The van der Waals surface area contributed by atoms with Crippen LogP contribution >= 0.6 is 0 Å². The van der Waals surface area contributed by atoms with Crippen molar-refractivity contribution >= 4 is 5.91 Å². The summed E-state index contributed by atoms with van der Waals surface area (Å²) in [4.78, 5) is 15.0. The van der Waals surface area contributed by atoms with Crippen molar-refractivity contribution in [1.82, 2.24) is 10.2 Å². The zero-order valence-corrected chi connectivity index (χ0v) is 13.0. The molecule has 4 heteroatoms. The van der Waals surface area contributed by atoms with E-state index >= 15 is 0 Å². The van der Waals surface area contributed by atoms with Crippen LogP contribution in [0.1, 0.15) is 28.8 Å². The zero-order valence-electron chi connectivity index (χ0n) is 13.0. The number of ether oxygens (including phenoxy) is 1. The maximum Gasteiger partial charge on any atom is 0.260 e. The van der Waals surface area contributed by atoms with Crippen molar-refractivity contribution in [2.45, 2.75) is 25.1 Å². The lowest BCUT2D eigenvalue weighted by Crippen LogP contribution is -2.62. The number of nitrogens with zero attached hydrogens (tertiary/aromatic N) is 1. The van der Waals surface area contributed by atoms with Gasteiger partial charge in [0.25, 0.3) is 5.91 Å². The minimum Gasteiger partial charge on any atom is -0.467 e. The maximum atomic E-state index is 13.1. The first-order chi connectivity index (χ1) is 11.3. The van der Waals surface area contributed by atoms with E-state index in [4.69, 9.17) is 4.74 Å². The molecule has 0 aliphatic carbocycles. The van der Waals surface area contributed by atoms with Gasteiger partial charge < -0.3 is 10.1 Å². The fourth-order valence-corrected chi connectivity index (χ4v) is 3.49. The molecule has 0 unspecified atom stereocenters. The van der Waals surface area contributed by atoms with Crippen LogP contribution in [-0.4, -0.2) is 29.6 Å². The molecule has 0 aromatic heterocycles. The number of nitrogens with one attached hydrogen (secondary N) is 1. The summed E-state index contributed by atoms with van der Waals surface area (Å²) in [5.74, 6) is 0.779. The smallest absolute Gasteiger partial charge is 0.260 e. The Morgan fingerprint density at radius 3 is 2.48 bits per heavy atom. The number of para-hydroxylation sites is 1. The minimum atomic E-state index is -0.535. The minimum absolute atomic E-state index is 0.0672. The molecule has 0 atom stereocenters. The molecule has 1 saturated heterocycles. The molecule has 1 amide bonds. The van der Waals surface area contributed by atoms with Crippen molar-refractivity contribution in [3.63, 3.8) is 0 Å². The third-order valence-corrected chi connectivity index (χ3v) is 4.72. The number of benzene rings is 2. The molecule has 1 N–H and O–H groups in total. The Morgan fingerprint density at radius 1 is 1.00 bits per heavy atom. The summed E-state index contributed by atoms with van der Waals surface area (Å²) in [7, 11) is 0. The molecule has 0 radical (unpaired) electrons. The van der Waals surface area contributed by atoms with Crippen LogP contribution in [0.4, 0.5) is 0 Å². The quantitative estimate of drug-likeness (QED) is 0.927. The van der Waals surface area contributed by atoms with Crippen molar-refractivity contribution in [2.24, 2.45) is 0 Å². The zero-order chi connectivity index (χ0) is 15.7. The second kappa shape index (κ2) is 5.70. The van der Waals surface area contributed by atoms with Crippen LogP contribution in [0.15, 0.2) is 54.6 Å². The summed E-state index contributed by atoms with van der Waals surface area (Å²) < 4.78 is 6.38. The molecule has 118 valence electrons. The van der Waals surface area contributed by atoms with Crippen molar-refractivity contribution < 1.29 is 9.53 Å². The third kappa shape index (κ3) is 2.49. The number of carbonyl (C=O) groups excluding carboxylic acids is 1. The van der Waals surface area contributed by atoms with Gasteiger partial charge in [0.15, 0.2) is 5.72 Å². The van der Waals surface area contributed by atoms with Crippen LogP contribution in [0.25, 0.3) is 0 Å². The van der Waals surface area contributed by atoms with Gasteiger partial charge in [-0.05, 0) is 17.7 Å². The van der Waals surface area contributed by atoms with Gasteiger partial charge in [-0.1, -0.05) is 42.5 Å². The standard InChI is InChI=1S/C19H20N2O2/c22-18-16-8-4-5-9-17(16)23-19(10-12-20-13-11-19)21(18)14-15-6-2-1-3-7-15/h1-9,20H,10-14H2. The van der Waals surface area contributed by atoms with E-state index in [-0.39, 0.29) is 5.91 Å². The predicted molar refractivity (Wildman–Crippen MR) is 88.2 cm³/mol. The lowest BCUT2D eigenvalue weighted by atomic mass is 9.94. The Bertz CT molecular complexity index is 708. The number of carbonyl (C=O) groups is 1. The Labute approximate surface area is 136 Å². The van der Waals surface area contributed by atoms with E-state index in [1.54, 1.807) is 0 Å². The first kappa shape index (κ1) is 14.3. The molecule has 4 nitrogen and oxygen atoms in total. The molecule has 4 rings (SSSR count). The highest BCUT2D eigenvalue weighted by atomic mass is 16.5. The molecule has 2 aliphatic rings. The highest BCUT2D eigenvalue weighted by Crippen LogP contribution is 2.39. The molecule has 2 aliphatic heterocycles. The molecular weight excluding hydrogens is 288 g/mol. The van der Waals surface area contributed by atoms with Crippen LogP contribution in [0, 0.1) is 0 Å². The highest BCUT2D eigenvalue weighted by Gasteiger charge is 2.47. The van der Waals surface area contributed by atoms with Crippen molar-refractivity contribution in [2.75, 3.05) is 13.1 Å². The van der Waals surface area contributed by atoms with E-state index in [1.165, 1.54) is 0 Å². The van der Waals surface area contributed by atoms with Crippen LogP contribution in [0.5, 0.6) is 5.75 Å². The van der Waals surface area contributed by atoms with Crippen LogP contribution < -0.4 is 10.1 Å². The topological polar surface area (TPSA) is 41.6 Å². The van der Waals surface area contributed by atoms with Gasteiger partial charge in [-0.3, -0.25) is 9.69 Å². The summed E-state index contributed by atoms with van der Waals surface area (Å²) in [5, 5.41) is 3.36. The Hall–Kier alpha value is -2.33. The summed E-state index contributed by atoms with van der Waals surface area (Å²) >= 11 is 0. The predicted octanol–water partition coefficient (Wildman–Crippen LogP) is 2.80. The Balaban J connectivity index is 1.75. The summed E-state index contributed by atoms with van der Waals surface area (Å²) in [6.07, 6.45) is 1.61. The number of amides is 1. The van der Waals surface area contributed by atoms with E-state index in [9.17, 15) is 4.79 Å². The number of hydrogen-bond acceptors (Lipinski definition) is 3. The summed E-state index contributed by atoms with van der Waals surface area (Å²) in [6.45, 7) is 2.30. The second-order valence-corrected chi connectivity index (χ2v) is 6.17. The van der Waals surface area contributed by atoms with Crippen LogP contribution in [0.2, 0.25) is 0 Å². The summed E-state index contributed by atoms with van der Waals surface area (Å²) in [5.41, 5.74) is 1.25. The number of fused-ring (bicyclic) bond motifs is 1. The number of piperidine rings is 1. The van der Waals surface area contributed by atoms with Gasteiger partial charge in [-0.15, -0.1) is 0 Å². The van der Waals surface area contributed by atoms with Gasteiger partial charge in [-0.25, -0.2) is 0 Å². The fraction of sp³-hybridized carbons (Fsp3) is 0.316. The molecule has 2 heterocycles. The molecule has 1 spiro atoms. The van der Waals surface area contributed by atoms with E-state index in [1.807, 2.05) is 47.4 Å². The van der Waals surface area contributed by atoms with Crippen LogP contribution in [-0.2, 0) is 6.54 Å². The van der Waals surface area contributed by atoms with E-state index in [0.717, 1.165) is 31.5 Å². The number of rotatable bonds is 2. The monoisotopic (exact) mass is 308 g/mol. The van der Waals surface area contributed by atoms with Crippen molar-refractivity contribution in [1.29, 1.82) is 0 Å². The largest absolute Gasteiger partial charge is 0.467 e. The van der Waals surface area contributed by atoms with Crippen molar-refractivity contribution in [3.05, 3.63) is 65.7 Å². The first-order valence-corrected chi connectivity index (χ1v) is 8.13. The van der Waals surface area contributed by atoms with Gasteiger partial charge in [0, 0.05) is 32.5 Å². The van der Waals surface area contributed by atoms with Gasteiger partial charge in [0.2, 0.25) is 0 Å². The van der Waals surface area contributed by atoms with Crippen LogP contribution in [0.3, 0.4) is 0 Å². The first-order valence-electron chi connectivity index (χ1n) is 8.13. The fourth-order valence-electron chi connectivity index (χ4n) is 3.49. The van der Waals surface area contributed by atoms with Gasteiger partial charge in [0.1, 0.15) is 5.75 Å². The maximum absolute atomic E-state index is 13.1. The number of hydrogen-bond donors (Lipinski definition) is 1. The average molecular weight is 308 g/mol. The molecule has 0 saturated carbocycles. The highest BCUT2D eigenvalue weighted by molar-refractivity contribution is 5.98. The molecular formula is C19H20N2O2. The molecule has 2 aromatic carbocycles. The molecule has 1 fully saturated rings. The normalized spacial score (nSPS) is 19.3. The molecule has 23 heavy (non-hydrogen) atoms. The van der Waals surface area contributed by atoms with Gasteiger partial charge in [0.05, 0.1) is 5.56 Å². The molecule has 2 aromatic rings. The lowest BCUT2D eigenvalue weighted by Gasteiger charge is -2.49. The van der Waals surface area contributed by atoms with E-state index in [0.29, 0.717) is 17.9 Å². The summed E-state index contributed by atoms with van der Waals surface area (Å²) in [6, 6.07) is 17.7. The Morgan fingerprint density at radius 2 is 1.70 bits per heavy atom. The van der Waals surface area contributed by atoms with Crippen molar-refractivity contribution in [3.8, 4) is 5.75 Å². The molecule has 0 bridgehead atoms. The van der Waals surface area contributed by atoms with E-state index in [2.05, 4.69) is 17.4 Å². The lowest BCUT2D eigenvalue weighted by molar-refractivity contribution is -0.0983. The third-order valence-electron chi connectivity index (χ3n) is 4.72. The Kier molecular flexibility index (Phi) is 3.54. The van der Waals surface area contributed by atoms with E-state index < -0.39 is 5.72 Å². The van der Waals surface area contributed by atoms with Gasteiger partial charge in [-0.2, -0.15) is 0 Å². The van der Waals surface area contributed by atoms with Gasteiger partial charge >= 0.3 is 0 Å². The SMILES string of the molecule is O=C1c2ccccc2OC2(CCNCC2)N1Cc1ccccc1. The second-order valence-electron chi connectivity index (χ2n) is 6.17.